The van der Waals surface area contributed by atoms with Crippen LogP contribution in [0.15, 0.2) is 48.5 Å². The minimum atomic E-state index is -4.70. The van der Waals surface area contributed by atoms with Gasteiger partial charge in [-0.2, -0.15) is 23.0 Å². The Balaban J connectivity index is 1.73. The molecule has 3 aromatic rings. The van der Waals surface area contributed by atoms with E-state index in [0.717, 1.165) is 4.68 Å². The summed E-state index contributed by atoms with van der Waals surface area (Å²) in [5.74, 6) is -0.850. The second kappa shape index (κ2) is 9.16. The average molecular weight is 479 g/mol. The highest BCUT2D eigenvalue weighted by atomic mass is 35.5. The summed E-state index contributed by atoms with van der Waals surface area (Å²) < 4.78 is 45.5. The Hall–Kier alpha value is -2.42. The number of rotatable bonds is 6. The molecule has 0 bridgehead atoms. The highest BCUT2D eigenvalue weighted by Gasteiger charge is 2.36. The van der Waals surface area contributed by atoms with Crippen molar-refractivity contribution in [3.8, 4) is 11.6 Å². The maximum Gasteiger partial charge on any atom is 0.435 e. The highest BCUT2D eigenvalue weighted by Crippen LogP contribution is 2.33. The van der Waals surface area contributed by atoms with Crippen molar-refractivity contribution < 1.29 is 22.7 Å². The molecular formula is C19H13Cl3F3N3O2. The van der Waals surface area contributed by atoms with Gasteiger partial charge >= 0.3 is 6.18 Å². The zero-order valence-corrected chi connectivity index (χ0v) is 17.3. The van der Waals surface area contributed by atoms with Crippen molar-refractivity contribution in [1.82, 2.24) is 15.1 Å². The molecule has 0 saturated carbocycles. The van der Waals surface area contributed by atoms with Gasteiger partial charge in [-0.1, -0.05) is 53.0 Å². The van der Waals surface area contributed by atoms with Gasteiger partial charge in [-0.05, 0) is 29.8 Å². The van der Waals surface area contributed by atoms with Gasteiger partial charge in [0.25, 0.3) is 5.91 Å². The van der Waals surface area contributed by atoms with Crippen LogP contribution in [0.4, 0.5) is 13.2 Å². The zero-order valence-electron chi connectivity index (χ0n) is 15.0. The molecule has 158 valence electrons. The van der Waals surface area contributed by atoms with Crippen LogP contribution < -0.4 is 10.1 Å². The number of para-hydroxylation sites is 1. The normalized spacial score (nSPS) is 11.4. The number of benzene rings is 2. The Kier molecular flexibility index (Phi) is 6.80. The Morgan fingerprint density at radius 1 is 1.07 bits per heavy atom. The number of alkyl halides is 3. The van der Waals surface area contributed by atoms with E-state index in [1.807, 2.05) is 0 Å². The van der Waals surface area contributed by atoms with E-state index in [-0.39, 0.29) is 23.1 Å². The van der Waals surface area contributed by atoms with E-state index in [1.165, 1.54) is 18.2 Å². The van der Waals surface area contributed by atoms with E-state index < -0.39 is 24.4 Å². The van der Waals surface area contributed by atoms with E-state index in [2.05, 4.69) is 10.4 Å². The Labute approximate surface area is 184 Å². The number of hydrogen-bond acceptors (Lipinski definition) is 3. The van der Waals surface area contributed by atoms with E-state index in [4.69, 9.17) is 39.5 Å². The minimum absolute atomic E-state index is 0.0930. The third-order valence-corrected chi connectivity index (χ3v) is 4.80. The molecule has 30 heavy (non-hydrogen) atoms. The van der Waals surface area contributed by atoms with Crippen LogP contribution in [0.1, 0.15) is 11.3 Å². The summed E-state index contributed by atoms with van der Waals surface area (Å²) in [6, 6.07) is 11.7. The van der Waals surface area contributed by atoms with Gasteiger partial charge in [-0.3, -0.25) is 4.79 Å². The molecule has 0 spiro atoms. The molecule has 1 aromatic heterocycles. The number of carbonyl (C=O) groups is 1. The lowest BCUT2D eigenvalue weighted by molar-refractivity contribution is -0.141. The van der Waals surface area contributed by atoms with Gasteiger partial charge in [0.15, 0.2) is 12.3 Å². The van der Waals surface area contributed by atoms with Crippen LogP contribution in [0.25, 0.3) is 5.69 Å². The molecule has 11 heteroatoms. The lowest BCUT2D eigenvalue weighted by Crippen LogP contribution is -2.28. The maximum absolute atomic E-state index is 13.1. The van der Waals surface area contributed by atoms with Gasteiger partial charge in [0.05, 0.1) is 10.7 Å². The van der Waals surface area contributed by atoms with Crippen molar-refractivity contribution in [2.24, 2.45) is 0 Å². The Bertz CT molecular complexity index is 1070. The fourth-order valence-corrected chi connectivity index (χ4v) is 3.14. The summed E-state index contributed by atoms with van der Waals surface area (Å²) in [5.41, 5.74) is -0.376. The molecule has 2 aromatic carbocycles. The molecule has 0 saturated heterocycles. The second-order valence-electron chi connectivity index (χ2n) is 6.03. The van der Waals surface area contributed by atoms with Crippen molar-refractivity contribution in [3.05, 3.63) is 74.9 Å². The van der Waals surface area contributed by atoms with Gasteiger partial charge in [0.1, 0.15) is 0 Å². The first kappa shape index (κ1) is 22.3. The van der Waals surface area contributed by atoms with Crippen LogP contribution in [-0.2, 0) is 17.5 Å². The summed E-state index contributed by atoms with van der Waals surface area (Å²) in [7, 11) is 0. The smallest absolute Gasteiger partial charge is 0.435 e. The van der Waals surface area contributed by atoms with E-state index in [1.54, 1.807) is 24.3 Å². The number of ether oxygens (including phenoxy) is 1. The van der Waals surface area contributed by atoms with Gasteiger partial charge in [-0.25, -0.2) is 0 Å². The van der Waals surface area contributed by atoms with Crippen LogP contribution in [0.2, 0.25) is 15.1 Å². The molecular weight excluding hydrogens is 466 g/mol. The van der Waals surface area contributed by atoms with Gasteiger partial charge in [0, 0.05) is 22.7 Å². The Morgan fingerprint density at radius 3 is 2.47 bits per heavy atom. The molecule has 1 N–H and O–H groups in total. The van der Waals surface area contributed by atoms with E-state index in [9.17, 15) is 18.0 Å². The first-order chi connectivity index (χ1) is 14.1. The van der Waals surface area contributed by atoms with Crippen molar-refractivity contribution in [3.63, 3.8) is 0 Å². The molecule has 0 radical (unpaired) electrons. The van der Waals surface area contributed by atoms with Crippen LogP contribution >= 0.6 is 34.8 Å². The number of hydrogen-bond donors (Lipinski definition) is 1. The third kappa shape index (κ3) is 5.38. The molecule has 0 fully saturated rings. The van der Waals surface area contributed by atoms with Crippen molar-refractivity contribution >= 4 is 40.7 Å². The third-order valence-electron chi connectivity index (χ3n) is 3.89. The topological polar surface area (TPSA) is 56.1 Å². The highest BCUT2D eigenvalue weighted by molar-refractivity contribution is 6.35. The lowest BCUT2D eigenvalue weighted by Gasteiger charge is -2.11. The van der Waals surface area contributed by atoms with Gasteiger partial charge in [0.2, 0.25) is 5.88 Å². The predicted molar refractivity (Wildman–Crippen MR) is 107 cm³/mol. The van der Waals surface area contributed by atoms with Crippen molar-refractivity contribution in [2.45, 2.75) is 12.7 Å². The van der Waals surface area contributed by atoms with Crippen LogP contribution in [0, 0.1) is 0 Å². The molecule has 0 atom stereocenters. The minimum Gasteiger partial charge on any atom is -0.467 e. The van der Waals surface area contributed by atoms with Gasteiger partial charge in [-0.15, -0.1) is 0 Å². The number of aromatic nitrogens is 2. The molecule has 0 aliphatic rings. The van der Waals surface area contributed by atoms with Crippen LogP contribution in [-0.4, -0.2) is 22.3 Å². The second-order valence-corrected chi connectivity index (χ2v) is 7.28. The summed E-state index contributed by atoms with van der Waals surface area (Å²) in [5, 5.41) is 7.08. The maximum atomic E-state index is 13.1. The van der Waals surface area contributed by atoms with E-state index >= 15 is 0 Å². The quantitative estimate of drug-likeness (QED) is 0.506. The zero-order chi connectivity index (χ0) is 21.9. The summed E-state index contributed by atoms with van der Waals surface area (Å²) in [4.78, 5) is 12.1. The van der Waals surface area contributed by atoms with Crippen LogP contribution in [0.5, 0.6) is 5.88 Å². The number of nitrogens with one attached hydrogen (secondary N) is 1. The first-order valence-corrected chi connectivity index (χ1v) is 9.54. The molecule has 5 nitrogen and oxygen atoms in total. The number of halogens is 6. The molecule has 0 unspecified atom stereocenters. The predicted octanol–water partition coefficient (Wildman–Crippen LogP) is 5.55. The molecule has 0 aliphatic heterocycles. The Morgan fingerprint density at radius 2 is 1.80 bits per heavy atom. The fourth-order valence-electron chi connectivity index (χ4n) is 2.45. The number of nitrogens with zero attached hydrogens (tertiary/aromatic N) is 2. The number of carbonyl (C=O) groups excluding carboxylic acids is 1. The van der Waals surface area contributed by atoms with Gasteiger partial charge < -0.3 is 10.1 Å². The van der Waals surface area contributed by atoms with Crippen molar-refractivity contribution in [2.75, 3.05) is 6.61 Å². The molecule has 1 heterocycles. The first-order valence-electron chi connectivity index (χ1n) is 8.41. The molecule has 1 amide bonds. The summed E-state index contributed by atoms with van der Waals surface area (Å²) >= 11 is 17.9. The van der Waals surface area contributed by atoms with Crippen LogP contribution in [0.3, 0.4) is 0 Å². The SMILES string of the molecule is O=C(COc1cc(C(F)(F)F)nn1-c1ccccc1Cl)NCc1ccc(Cl)cc1Cl. The van der Waals surface area contributed by atoms with E-state index in [0.29, 0.717) is 21.7 Å². The lowest BCUT2D eigenvalue weighted by atomic mass is 10.2. The standard InChI is InChI=1S/C19H13Cl3F3N3O2/c20-12-6-5-11(14(22)7-12)9-26-17(29)10-30-18-8-16(19(23,24)25)27-28(18)15-4-2-1-3-13(15)21/h1-8H,9-10H2,(H,26,29). The van der Waals surface area contributed by atoms with Crippen molar-refractivity contribution in [1.29, 1.82) is 0 Å². The largest absolute Gasteiger partial charge is 0.467 e. The monoisotopic (exact) mass is 477 g/mol. The molecule has 0 aliphatic carbocycles. The molecule has 3 rings (SSSR count). The number of amides is 1. The average Bonchev–Trinajstić information content (AvgIpc) is 3.10. The summed E-state index contributed by atoms with van der Waals surface area (Å²) in [6.07, 6.45) is -4.70. The fraction of sp³-hybridized carbons (Fsp3) is 0.158. The summed E-state index contributed by atoms with van der Waals surface area (Å²) in [6.45, 7) is -0.450.